The molecule has 0 saturated carbocycles. The molecule has 4 aromatic rings. The summed E-state index contributed by atoms with van der Waals surface area (Å²) in [5.41, 5.74) is 5.80. The molecule has 0 amide bonds. The minimum Gasteiger partial charge on any atom is -0.423 e. The molecule has 12 heteroatoms. The van der Waals surface area contributed by atoms with Crippen LogP contribution in [0.4, 0.5) is 37.7 Å². The molecule has 0 fully saturated rings. The lowest BCUT2D eigenvalue weighted by Crippen LogP contribution is -2.29. The number of halogens is 7. The van der Waals surface area contributed by atoms with E-state index in [0.29, 0.717) is 5.41 Å². The summed E-state index contributed by atoms with van der Waals surface area (Å²) in [7, 11) is -1.73. The average molecular weight is 735 g/mol. The highest BCUT2D eigenvalue weighted by Crippen LogP contribution is 2.40. The van der Waals surface area contributed by atoms with Crippen LogP contribution in [0.3, 0.4) is 0 Å². The highest BCUT2D eigenvalue weighted by atomic mass is 79.9. The number of nitrogens with one attached hydrogen (secondary N) is 2. The van der Waals surface area contributed by atoms with Crippen LogP contribution in [0.2, 0.25) is 0 Å². The van der Waals surface area contributed by atoms with Gasteiger partial charge in [-0.2, -0.15) is 26.3 Å². The van der Waals surface area contributed by atoms with E-state index in [4.69, 9.17) is 10.0 Å². The van der Waals surface area contributed by atoms with Crippen molar-refractivity contribution >= 4 is 39.9 Å². The van der Waals surface area contributed by atoms with Crippen LogP contribution >= 0.6 is 15.9 Å². The number of benzene rings is 4. The number of hydrogen-bond acceptors (Lipinski definition) is 4. The molecule has 2 heterocycles. The molecule has 2 aliphatic rings. The predicted molar refractivity (Wildman–Crippen MR) is 185 cm³/mol. The van der Waals surface area contributed by atoms with E-state index in [1.54, 1.807) is 0 Å². The van der Waals surface area contributed by atoms with Crippen molar-refractivity contribution < 1.29 is 36.4 Å². The lowest BCUT2D eigenvalue weighted by Gasteiger charge is -2.33. The summed E-state index contributed by atoms with van der Waals surface area (Å²) in [5, 5.41) is 24.0. The lowest BCUT2D eigenvalue weighted by molar-refractivity contribution is -0.138. The Hall–Kier alpha value is -3.48. The molecule has 6 rings (SSSR count). The van der Waals surface area contributed by atoms with Crippen molar-refractivity contribution in [3.63, 3.8) is 0 Å². The van der Waals surface area contributed by atoms with E-state index in [2.05, 4.69) is 78.5 Å². The van der Waals surface area contributed by atoms with Gasteiger partial charge in [-0.05, 0) is 93.9 Å². The van der Waals surface area contributed by atoms with Crippen molar-refractivity contribution in [1.82, 2.24) is 0 Å². The summed E-state index contributed by atoms with van der Waals surface area (Å²) in [6.45, 7) is 11.0. The van der Waals surface area contributed by atoms with Gasteiger partial charge in [0.25, 0.3) is 0 Å². The molecule has 4 aromatic carbocycles. The first-order valence-corrected chi connectivity index (χ1v) is 16.2. The summed E-state index contributed by atoms with van der Waals surface area (Å²) >= 11 is 3.51. The van der Waals surface area contributed by atoms with E-state index in [1.165, 1.54) is 39.8 Å². The molecule has 48 heavy (non-hydrogen) atoms. The van der Waals surface area contributed by atoms with Gasteiger partial charge in [-0.3, -0.25) is 0 Å². The van der Waals surface area contributed by atoms with Gasteiger partial charge < -0.3 is 20.7 Å². The number of rotatable bonds is 2. The molecule has 2 aliphatic heterocycles. The summed E-state index contributed by atoms with van der Waals surface area (Å²) in [5.74, 6) is 0. The molecule has 0 aromatic heterocycles. The van der Waals surface area contributed by atoms with E-state index < -0.39 is 30.6 Å². The number of alkyl halides is 6. The summed E-state index contributed by atoms with van der Waals surface area (Å²) < 4.78 is 75.1. The van der Waals surface area contributed by atoms with Crippen molar-refractivity contribution in [2.45, 2.75) is 63.7 Å². The maximum absolute atomic E-state index is 12.6. The van der Waals surface area contributed by atoms with Crippen LogP contribution < -0.4 is 16.1 Å². The van der Waals surface area contributed by atoms with Gasteiger partial charge in [0.05, 0.1) is 11.1 Å². The second-order valence-electron chi connectivity index (χ2n) is 13.1. The molecular formula is C36H38BBrF6N2O2. The summed E-state index contributed by atoms with van der Waals surface area (Å²) in [4.78, 5) is 0. The van der Waals surface area contributed by atoms with Crippen molar-refractivity contribution in [3.05, 3.63) is 112 Å². The second kappa shape index (κ2) is 14.6. The molecular weight excluding hydrogens is 697 g/mol. The van der Waals surface area contributed by atoms with Gasteiger partial charge in [-0.15, -0.1) is 0 Å². The molecule has 0 bridgehead atoms. The van der Waals surface area contributed by atoms with Crippen LogP contribution in [0.25, 0.3) is 11.1 Å². The van der Waals surface area contributed by atoms with Crippen LogP contribution in [0, 0.1) is 0 Å². The average Bonchev–Trinajstić information content (AvgIpc) is 3.01. The van der Waals surface area contributed by atoms with Crippen LogP contribution in [0.1, 0.15) is 62.8 Å². The van der Waals surface area contributed by atoms with Gasteiger partial charge in [0.15, 0.2) is 0 Å². The third-order valence-electron chi connectivity index (χ3n) is 8.67. The Morgan fingerprint density at radius 1 is 0.604 bits per heavy atom. The van der Waals surface area contributed by atoms with Gasteiger partial charge in [0.1, 0.15) is 0 Å². The first kappa shape index (κ1) is 37.3. The quantitative estimate of drug-likeness (QED) is 0.123. The first-order chi connectivity index (χ1) is 22.3. The van der Waals surface area contributed by atoms with Gasteiger partial charge in [0, 0.05) is 28.9 Å². The van der Waals surface area contributed by atoms with Crippen molar-refractivity contribution in [1.29, 1.82) is 0 Å². The van der Waals surface area contributed by atoms with Crippen molar-refractivity contribution in [3.8, 4) is 11.1 Å². The van der Waals surface area contributed by atoms with Gasteiger partial charge >= 0.3 is 19.5 Å². The van der Waals surface area contributed by atoms with Crippen molar-refractivity contribution in [2.24, 2.45) is 0 Å². The zero-order valence-electron chi connectivity index (χ0n) is 27.0. The summed E-state index contributed by atoms with van der Waals surface area (Å²) in [6.07, 6.45) is -6.44. The molecule has 256 valence electrons. The zero-order chi connectivity index (χ0) is 35.5. The molecule has 4 N–H and O–H groups in total. The van der Waals surface area contributed by atoms with E-state index in [1.807, 2.05) is 12.1 Å². The fraction of sp³-hybridized carbons (Fsp3) is 0.333. The first-order valence-electron chi connectivity index (χ1n) is 15.4. The van der Waals surface area contributed by atoms with Gasteiger partial charge in [-0.25, -0.2) is 0 Å². The Labute approximate surface area is 285 Å². The number of hydrogen-bond donors (Lipinski definition) is 4. The van der Waals surface area contributed by atoms with Crippen molar-refractivity contribution in [2.75, 3.05) is 23.7 Å². The highest BCUT2D eigenvalue weighted by Gasteiger charge is 2.32. The topological polar surface area (TPSA) is 64.5 Å². The minimum absolute atomic E-state index is 0.0352. The Bertz CT molecular complexity index is 1690. The highest BCUT2D eigenvalue weighted by molar-refractivity contribution is 9.10. The Morgan fingerprint density at radius 3 is 1.48 bits per heavy atom. The minimum atomic E-state index is -4.39. The van der Waals surface area contributed by atoms with Gasteiger partial charge in [-0.1, -0.05) is 86.1 Å². The standard InChI is InChI=1S/C18H18F3N.C11H14BrN.C7H6BF3O2/c1-17(2)9-10-22-16-8-5-13(11-15(16)17)12-3-6-14(7-4-12)18(19,20)21;1-11(2)5-6-13-10-4-3-8(12)7-9(10)11;9-7(10,11)5-1-3-6(4-2-5)8(12)13/h3-8,11,22H,9-10H2,1-2H3;3-4,7,13H,5-6H2,1-2H3;1-4,12-13H. The molecule has 0 spiro atoms. The van der Waals surface area contributed by atoms with Crippen LogP contribution in [-0.2, 0) is 23.2 Å². The smallest absolute Gasteiger partial charge is 0.423 e. The Balaban J connectivity index is 0.000000173. The fourth-order valence-electron chi connectivity index (χ4n) is 5.65. The Morgan fingerprint density at radius 2 is 1.02 bits per heavy atom. The molecule has 0 aliphatic carbocycles. The maximum Gasteiger partial charge on any atom is 0.488 e. The normalized spacial score (nSPS) is 15.9. The molecule has 4 nitrogen and oxygen atoms in total. The van der Waals surface area contributed by atoms with E-state index >= 15 is 0 Å². The molecule has 0 unspecified atom stereocenters. The maximum atomic E-state index is 12.6. The van der Waals surface area contributed by atoms with Crippen LogP contribution in [0.5, 0.6) is 0 Å². The summed E-state index contributed by atoms with van der Waals surface area (Å²) in [6, 6.07) is 21.5. The predicted octanol–water partition coefficient (Wildman–Crippen LogP) is 9.39. The van der Waals surface area contributed by atoms with E-state index in [9.17, 15) is 26.3 Å². The lowest BCUT2D eigenvalue weighted by atomic mass is 9.77. The largest absolute Gasteiger partial charge is 0.488 e. The van der Waals surface area contributed by atoms with E-state index in [0.717, 1.165) is 72.7 Å². The van der Waals surface area contributed by atoms with Gasteiger partial charge in [0.2, 0.25) is 0 Å². The van der Waals surface area contributed by atoms with E-state index in [-0.39, 0.29) is 10.9 Å². The molecule has 0 radical (unpaired) electrons. The van der Waals surface area contributed by atoms with Crippen LogP contribution in [0.15, 0.2) is 89.4 Å². The second-order valence-corrected chi connectivity index (χ2v) is 14.1. The SMILES string of the molecule is CC1(C)CCNc2ccc(-c3ccc(C(F)(F)F)cc3)cc21.CC1(C)CCNc2ccc(Br)cc21.OB(O)c1ccc(C(F)(F)F)cc1. The fourth-order valence-corrected chi connectivity index (χ4v) is 6.01. The number of anilines is 2. The van der Waals surface area contributed by atoms with Crippen LogP contribution in [-0.4, -0.2) is 30.3 Å². The monoisotopic (exact) mass is 734 g/mol. The molecule has 0 atom stereocenters. The number of fused-ring (bicyclic) bond motifs is 2. The molecule has 0 saturated heterocycles. The Kier molecular flexibility index (Phi) is 11.3. The third-order valence-corrected chi connectivity index (χ3v) is 9.17. The third kappa shape index (κ3) is 9.36. The zero-order valence-corrected chi connectivity index (χ0v) is 28.6.